The van der Waals surface area contributed by atoms with Gasteiger partial charge in [-0.3, -0.25) is 4.79 Å². The van der Waals surface area contributed by atoms with E-state index in [1.165, 1.54) is 0 Å². The number of likely N-dealkylation sites (N-methyl/N-ethyl adjacent to an activating group) is 1. The minimum atomic E-state index is 0.150. The predicted octanol–water partition coefficient (Wildman–Crippen LogP) is 2.19. The quantitative estimate of drug-likeness (QED) is 0.868. The fraction of sp³-hybridized carbons (Fsp3) is 0.533. The Hall–Kier alpha value is -1.35. The number of amides is 1. The summed E-state index contributed by atoms with van der Waals surface area (Å²) in [7, 11) is 1.87. The molecule has 0 aliphatic rings. The van der Waals surface area contributed by atoms with Crippen LogP contribution in [0.2, 0.25) is 0 Å². The van der Waals surface area contributed by atoms with Gasteiger partial charge in [0.1, 0.15) is 0 Å². The minimum absolute atomic E-state index is 0.150. The molecule has 1 aromatic carbocycles. The second-order valence-electron chi connectivity index (χ2n) is 5.14. The first-order valence-electron chi connectivity index (χ1n) is 6.49. The third-order valence-electron chi connectivity index (χ3n) is 3.65. The first-order chi connectivity index (χ1) is 8.47. The summed E-state index contributed by atoms with van der Waals surface area (Å²) in [5.74, 6) is 0.612. The van der Waals surface area contributed by atoms with E-state index in [-0.39, 0.29) is 11.9 Å². The van der Waals surface area contributed by atoms with E-state index in [9.17, 15) is 4.79 Å². The van der Waals surface area contributed by atoms with Crippen LogP contribution in [0.3, 0.4) is 0 Å². The Kier molecular flexibility index (Phi) is 5.35. The summed E-state index contributed by atoms with van der Waals surface area (Å²) in [5.41, 5.74) is 7.77. The lowest BCUT2D eigenvalue weighted by Gasteiger charge is -2.28. The molecule has 0 heterocycles. The first kappa shape index (κ1) is 14.7. The zero-order valence-electron chi connectivity index (χ0n) is 11.8. The molecule has 0 aliphatic carbocycles. The van der Waals surface area contributed by atoms with Crippen molar-refractivity contribution < 1.29 is 4.79 Å². The fourth-order valence-electron chi connectivity index (χ4n) is 1.89. The van der Waals surface area contributed by atoms with Gasteiger partial charge in [0, 0.05) is 19.6 Å². The molecular weight excluding hydrogens is 224 g/mol. The maximum atomic E-state index is 12.2. The molecule has 1 amide bonds. The lowest BCUT2D eigenvalue weighted by atomic mass is 10.0. The highest BCUT2D eigenvalue weighted by Crippen LogP contribution is 2.13. The SMILES string of the molecule is CC(C)C(C)N(C)C(=O)Cc1ccccc1CN. The molecule has 0 saturated heterocycles. The van der Waals surface area contributed by atoms with Gasteiger partial charge in [-0.25, -0.2) is 0 Å². The summed E-state index contributed by atoms with van der Waals surface area (Å²) in [6, 6.07) is 8.12. The normalized spacial score (nSPS) is 12.6. The number of nitrogens with zero attached hydrogens (tertiary/aromatic N) is 1. The summed E-state index contributed by atoms with van der Waals surface area (Å²) in [6.45, 7) is 6.81. The van der Waals surface area contributed by atoms with Gasteiger partial charge in [-0.15, -0.1) is 0 Å². The molecular formula is C15H24N2O. The topological polar surface area (TPSA) is 46.3 Å². The summed E-state index contributed by atoms with van der Waals surface area (Å²) < 4.78 is 0. The first-order valence-corrected chi connectivity index (χ1v) is 6.49. The summed E-state index contributed by atoms with van der Waals surface area (Å²) in [5, 5.41) is 0. The van der Waals surface area contributed by atoms with Gasteiger partial charge in [0.05, 0.1) is 6.42 Å². The Morgan fingerprint density at radius 3 is 2.28 bits per heavy atom. The molecule has 1 unspecified atom stereocenters. The van der Waals surface area contributed by atoms with Gasteiger partial charge in [0.25, 0.3) is 0 Å². The van der Waals surface area contributed by atoms with E-state index in [2.05, 4.69) is 20.8 Å². The van der Waals surface area contributed by atoms with Crippen LogP contribution in [-0.2, 0) is 17.8 Å². The molecule has 0 aliphatic heterocycles. The zero-order chi connectivity index (χ0) is 13.7. The highest BCUT2D eigenvalue weighted by molar-refractivity contribution is 5.79. The van der Waals surface area contributed by atoms with Crippen molar-refractivity contribution in [3.8, 4) is 0 Å². The van der Waals surface area contributed by atoms with Crippen molar-refractivity contribution in [2.45, 2.75) is 39.8 Å². The van der Waals surface area contributed by atoms with E-state index in [0.717, 1.165) is 11.1 Å². The van der Waals surface area contributed by atoms with Crippen LogP contribution in [-0.4, -0.2) is 23.9 Å². The van der Waals surface area contributed by atoms with Crippen LogP contribution in [0.1, 0.15) is 31.9 Å². The van der Waals surface area contributed by atoms with Crippen LogP contribution in [0.15, 0.2) is 24.3 Å². The molecule has 3 heteroatoms. The van der Waals surface area contributed by atoms with Crippen LogP contribution in [0, 0.1) is 5.92 Å². The van der Waals surface area contributed by atoms with Crippen LogP contribution < -0.4 is 5.73 Å². The van der Waals surface area contributed by atoms with Crippen LogP contribution >= 0.6 is 0 Å². The highest BCUT2D eigenvalue weighted by Gasteiger charge is 2.19. The fourth-order valence-corrected chi connectivity index (χ4v) is 1.89. The number of carbonyl (C=O) groups is 1. The van der Waals surface area contributed by atoms with Gasteiger partial charge in [-0.1, -0.05) is 38.1 Å². The molecule has 0 fully saturated rings. The molecule has 1 aromatic rings. The minimum Gasteiger partial charge on any atom is -0.343 e. The van der Waals surface area contributed by atoms with E-state index in [0.29, 0.717) is 18.9 Å². The van der Waals surface area contributed by atoms with Gasteiger partial charge in [0.15, 0.2) is 0 Å². The molecule has 2 N–H and O–H groups in total. The zero-order valence-corrected chi connectivity index (χ0v) is 11.8. The van der Waals surface area contributed by atoms with Crippen molar-refractivity contribution in [2.75, 3.05) is 7.05 Å². The molecule has 0 bridgehead atoms. The van der Waals surface area contributed by atoms with E-state index in [4.69, 9.17) is 5.73 Å². The highest BCUT2D eigenvalue weighted by atomic mass is 16.2. The third-order valence-corrected chi connectivity index (χ3v) is 3.65. The number of carbonyl (C=O) groups excluding carboxylic acids is 1. The van der Waals surface area contributed by atoms with Crippen molar-refractivity contribution in [1.29, 1.82) is 0 Å². The Balaban J connectivity index is 2.75. The van der Waals surface area contributed by atoms with E-state index in [1.54, 1.807) is 0 Å². The van der Waals surface area contributed by atoms with E-state index in [1.807, 2.05) is 36.2 Å². The smallest absolute Gasteiger partial charge is 0.226 e. The molecule has 0 radical (unpaired) electrons. The van der Waals surface area contributed by atoms with E-state index >= 15 is 0 Å². The molecule has 0 saturated carbocycles. The third kappa shape index (κ3) is 3.57. The number of hydrogen-bond donors (Lipinski definition) is 1. The lowest BCUT2D eigenvalue weighted by Crippen LogP contribution is -2.39. The molecule has 1 atom stereocenters. The van der Waals surface area contributed by atoms with Gasteiger partial charge in [-0.2, -0.15) is 0 Å². The average Bonchev–Trinajstić information content (AvgIpc) is 2.37. The van der Waals surface area contributed by atoms with Gasteiger partial charge < -0.3 is 10.6 Å². The second-order valence-corrected chi connectivity index (χ2v) is 5.14. The number of benzene rings is 1. The number of hydrogen-bond acceptors (Lipinski definition) is 2. The molecule has 0 spiro atoms. The van der Waals surface area contributed by atoms with Crippen molar-refractivity contribution in [1.82, 2.24) is 4.90 Å². The average molecular weight is 248 g/mol. The number of rotatable bonds is 5. The van der Waals surface area contributed by atoms with Gasteiger partial charge in [-0.05, 0) is 24.0 Å². The van der Waals surface area contributed by atoms with Crippen molar-refractivity contribution in [3.05, 3.63) is 35.4 Å². The standard InChI is InChI=1S/C15H24N2O/c1-11(2)12(3)17(4)15(18)9-13-7-5-6-8-14(13)10-16/h5-8,11-12H,9-10,16H2,1-4H3. The van der Waals surface area contributed by atoms with Crippen LogP contribution in [0.25, 0.3) is 0 Å². The molecule has 1 rings (SSSR count). The maximum absolute atomic E-state index is 12.2. The Bertz CT molecular complexity index is 401. The van der Waals surface area contributed by atoms with Gasteiger partial charge in [0.2, 0.25) is 5.91 Å². The molecule has 18 heavy (non-hydrogen) atoms. The van der Waals surface area contributed by atoms with Crippen molar-refractivity contribution in [3.63, 3.8) is 0 Å². The lowest BCUT2D eigenvalue weighted by molar-refractivity contribution is -0.131. The summed E-state index contributed by atoms with van der Waals surface area (Å²) in [6.07, 6.45) is 0.431. The van der Waals surface area contributed by atoms with Gasteiger partial charge >= 0.3 is 0 Å². The molecule has 100 valence electrons. The van der Waals surface area contributed by atoms with Crippen LogP contribution in [0.4, 0.5) is 0 Å². The Morgan fingerprint density at radius 2 is 1.78 bits per heavy atom. The monoisotopic (exact) mass is 248 g/mol. The second kappa shape index (κ2) is 6.55. The molecule has 0 aromatic heterocycles. The van der Waals surface area contributed by atoms with Crippen molar-refractivity contribution >= 4 is 5.91 Å². The number of nitrogens with two attached hydrogens (primary N) is 1. The van der Waals surface area contributed by atoms with Crippen molar-refractivity contribution in [2.24, 2.45) is 11.7 Å². The van der Waals surface area contributed by atoms with E-state index < -0.39 is 0 Å². The maximum Gasteiger partial charge on any atom is 0.226 e. The molecule has 3 nitrogen and oxygen atoms in total. The Labute approximate surface area is 110 Å². The predicted molar refractivity (Wildman–Crippen MR) is 75.1 cm³/mol. The Morgan fingerprint density at radius 1 is 1.22 bits per heavy atom. The van der Waals surface area contributed by atoms with Crippen LogP contribution in [0.5, 0.6) is 0 Å². The summed E-state index contributed by atoms with van der Waals surface area (Å²) >= 11 is 0. The summed E-state index contributed by atoms with van der Waals surface area (Å²) in [4.78, 5) is 14.0. The largest absolute Gasteiger partial charge is 0.343 e.